The van der Waals surface area contributed by atoms with Gasteiger partial charge in [0, 0.05) is 12.6 Å². The van der Waals surface area contributed by atoms with E-state index in [1.807, 2.05) is 12.1 Å². The van der Waals surface area contributed by atoms with Crippen LogP contribution in [-0.2, 0) is 0 Å². The molecule has 0 saturated carbocycles. The summed E-state index contributed by atoms with van der Waals surface area (Å²) >= 11 is 0. The van der Waals surface area contributed by atoms with Crippen molar-refractivity contribution in [3.05, 3.63) is 29.3 Å². The van der Waals surface area contributed by atoms with Gasteiger partial charge in [0.05, 0.1) is 11.3 Å². The Balaban J connectivity index is 2.41. The molecule has 1 unspecified atom stereocenters. The topological polar surface area (TPSA) is 27.0 Å². The Kier molecular flexibility index (Phi) is 3.68. The summed E-state index contributed by atoms with van der Waals surface area (Å²) < 4.78 is 0. The van der Waals surface area contributed by atoms with Gasteiger partial charge in [0.25, 0.3) is 0 Å². The zero-order valence-electron chi connectivity index (χ0n) is 10.7. The molecule has 2 rings (SSSR count). The Morgan fingerprint density at radius 2 is 2.24 bits per heavy atom. The van der Waals surface area contributed by atoms with Gasteiger partial charge in [-0.2, -0.15) is 5.26 Å². The van der Waals surface area contributed by atoms with Crippen molar-refractivity contribution in [1.29, 1.82) is 5.26 Å². The Morgan fingerprint density at radius 3 is 2.94 bits per heavy atom. The van der Waals surface area contributed by atoms with Gasteiger partial charge >= 0.3 is 0 Å². The second kappa shape index (κ2) is 5.23. The average molecular weight is 228 g/mol. The third-order valence-corrected chi connectivity index (χ3v) is 3.74. The van der Waals surface area contributed by atoms with Gasteiger partial charge < -0.3 is 4.90 Å². The lowest BCUT2D eigenvalue weighted by atomic mass is 9.96. The lowest BCUT2D eigenvalue weighted by molar-refractivity contribution is 0.449. The third kappa shape index (κ3) is 2.29. The van der Waals surface area contributed by atoms with Crippen LogP contribution in [0, 0.1) is 18.3 Å². The van der Waals surface area contributed by atoms with Gasteiger partial charge in [0.15, 0.2) is 0 Å². The monoisotopic (exact) mass is 228 g/mol. The maximum atomic E-state index is 9.26. The molecule has 0 amide bonds. The molecule has 1 atom stereocenters. The van der Waals surface area contributed by atoms with Gasteiger partial charge in [0.2, 0.25) is 0 Å². The van der Waals surface area contributed by atoms with Crippen LogP contribution in [0.3, 0.4) is 0 Å². The van der Waals surface area contributed by atoms with E-state index in [4.69, 9.17) is 0 Å². The quantitative estimate of drug-likeness (QED) is 0.772. The van der Waals surface area contributed by atoms with Crippen LogP contribution >= 0.6 is 0 Å². The third-order valence-electron chi connectivity index (χ3n) is 3.74. The molecule has 0 bridgehead atoms. The number of piperidine rings is 1. The van der Waals surface area contributed by atoms with Crippen molar-refractivity contribution >= 4 is 5.69 Å². The number of hydrogen-bond acceptors (Lipinski definition) is 2. The molecule has 1 heterocycles. The smallest absolute Gasteiger partial charge is 0.101 e. The molecule has 0 radical (unpaired) electrons. The van der Waals surface area contributed by atoms with Crippen molar-refractivity contribution in [3.63, 3.8) is 0 Å². The van der Waals surface area contributed by atoms with Crippen molar-refractivity contribution in [1.82, 2.24) is 0 Å². The van der Waals surface area contributed by atoms with E-state index in [1.165, 1.54) is 36.9 Å². The number of nitriles is 1. The summed E-state index contributed by atoms with van der Waals surface area (Å²) in [7, 11) is 0. The summed E-state index contributed by atoms with van der Waals surface area (Å²) in [6, 6.07) is 8.96. The van der Waals surface area contributed by atoms with E-state index in [0.717, 1.165) is 12.1 Å². The fraction of sp³-hybridized carbons (Fsp3) is 0.533. The van der Waals surface area contributed by atoms with Crippen LogP contribution < -0.4 is 4.90 Å². The summed E-state index contributed by atoms with van der Waals surface area (Å²) in [6.45, 7) is 5.45. The highest BCUT2D eigenvalue weighted by Crippen LogP contribution is 2.31. The number of nitrogens with zero attached hydrogens (tertiary/aromatic N) is 2. The van der Waals surface area contributed by atoms with Crippen LogP contribution in [0.4, 0.5) is 5.69 Å². The molecule has 1 aromatic carbocycles. The number of benzene rings is 1. The highest BCUT2D eigenvalue weighted by atomic mass is 15.2. The molecular formula is C15H20N2. The molecule has 2 heteroatoms. The Bertz CT molecular complexity index is 431. The molecular weight excluding hydrogens is 208 g/mol. The van der Waals surface area contributed by atoms with Gasteiger partial charge in [0.1, 0.15) is 6.07 Å². The van der Waals surface area contributed by atoms with Gasteiger partial charge in [-0.1, -0.05) is 19.1 Å². The predicted octanol–water partition coefficient (Wildman–Crippen LogP) is 3.64. The molecule has 0 N–H and O–H groups in total. The first-order chi connectivity index (χ1) is 8.27. The van der Waals surface area contributed by atoms with Crippen molar-refractivity contribution in [2.45, 2.75) is 45.6 Å². The van der Waals surface area contributed by atoms with E-state index < -0.39 is 0 Å². The van der Waals surface area contributed by atoms with Crippen LogP contribution in [0.5, 0.6) is 0 Å². The molecule has 0 spiro atoms. The minimum absolute atomic E-state index is 0.608. The van der Waals surface area contributed by atoms with Crippen LogP contribution in [0.25, 0.3) is 0 Å². The zero-order valence-corrected chi connectivity index (χ0v) is 10.7. The minimum atomic E-state index is 0.608. The van der Waals surface area contributed by atoms with Gasteiger partial charge in [-0.25, -0.2) is 0 Å². The molecule has 90 valence electrons. The number of rotatable bonds is 2. The van der Waals surface area contributed by atoms with Crippen molar-refractivity contribution in [2.24, 2.45) is 0 Å². The van der Waals surface area contributed by atoms with Crippen LogP contribution in [-0.4, -0.2) is 12.6 Å². The Labute approximate surface area is 104 Å². The summed E-state index contributed by atoms with van der Waals surface area (Å²) in [5.41, 5.74) is 3.22. The lowest BCUT2D eigenvalue weighted by Crippen LogP contribution is -2.40. The minimum Gasteiger partial charge on any atom is -0.367 e. The van der Waals surface area contributed by atoms with E-state index in [9.17, 15) is 5.26 Å². The fourth-order valence-electron chi connectivity index (χ4n) is 2.85. The highest BCUT2D eigenvalue weighted by Gasteiger charge is 2.24. The number of anilines is 1. The zero-order chi connectivity index (χ0) is 12.3. The first-order valence-corrected chi connectivity index (χ1v) is 6.54. The Morgan fingerprint density at radius 1 is 1.41 bits per heavy atom. The van der Waals surface area contributed by atoms with Crippen LogP contribution in [0.15, 0.2) is 18.2 Å². The summed E-state index contributed by atoms with van der Waals surface area (Å²) in [5, 5.41) is 9.26. The second-order valence-electron chi connectivity index (χ2n) is 4.83. The normalized spacial score (nSPS) is 20.1. The highest BCUT2D eigenvalue weighted by molar-refractivity contribution is 5.64. The number of para-hydroxylation sites is 1. The number of aryl methyl sites for hydroxylation is 1. The standard InChI is InChI=1S/C15H20N2/c1-3-14-9-4-5-10-17(14)15-12(2)7-6-8-13(15)11-16/h6-8,14H,3-5,9-10H2,1-2H3. The molecule has 2 nitrogen and oxygen atoms in total. The van der Waals surface area contributed by atoms with E-state index >= 15 is 0 Å². The Hall–Kier alpha value is -1.49. The SMILES string of the molecule is CCC1CCCCN1c1c(C)cccc1C#N. The van der Waals surface area contributed by atoms with E-state index in [-0.39, 0.29) is 0 Å². The van der Waals surface area contributed by atoms with Crippen LogP contribution in [0.2, 0.25) is 0 Å². The van der Waals surface area contributed by atoms with E-state index in [1.54, 1.807) is 0 Å². The van der Waals surface area contributed by atoms with E-state index in [2.05, 4.69) is 30.9 Å². The molecule has 1 aromatic rings. The molecule has 17 heavy (non-hydrogen) atoms. The predicted molar refractivity (Wildman–Crippen MR) is 71.2 cm³/mol. The summed E-state index contributed by atoms with van der Waals surface area (Å²) in [6.07, 6.45) is 4.99. The fourth-order valence-corrected chi connectivity index (χ4v) is 2.85. The largest absolute Gasteiger partial charge is 0.367 e. The van der Waals surface area contributed by atoms with Gasteiger partial charge in [-0.05, 0) is 44.2 Å². The summed E-state index contributed by atoms with van der Waals surface area (Å²) in [4.78, 5) is 2.46. The molecule has 1 aliphatic heterocycles. The summed E-state index contributed by atoms with van der Waals surface area (Å²) in [5.74, 6) is 0. The van der Waals surface area contributed by atoms with Crippen LogP contribution in [0.1, 0.15) is 43.7 Å². The molecule has 1 fully saturated rings. The first kappa shape index (κ1) is 12.0. The van der Waals surface area contributed by atoms with E-state index in [0.29, 0.717) is 6.04 Å². The average Bonchev–Trinajstić information content (AvgIpc) is 2.38. The number of hydrogen-bond donors (Lipinski definition) is 0. The lowest BCUT2D eigenvalue weighted by Gasteiger charge is -2.38. The van der Waals surface area contributed by atoms with Gasteiger partial charge in [-0.3, -0.25) is 0 Å². The van der Waals surface area contributed by atoms with Crippen molar-refractivity contribution in [2.75, 3.05) is 11.4 Å². The molecule has 0 aromatic heterocycles. The maximum absolute atomic E-state index is 9.26. The molecule has 0 aliphatic carbocycles. The maximum Gasteiger partial charge on any atom is 0.101 e. The molecule has 1 saturated heterocycles. The first-order valence-electron chi connectivity index (χ1n) is 6.54. The molecule has 1 aliphatic rings. The van der Waals surface area contributed by atoms with Gasteiger partial charge in [-0.15, -0.1) is 0 Å². The van der Waals surface area contributed by atoms with Crippen molar-refractivity contribution < 1.29 is 0 Å². The second-order valence-corrected chi connectivity index (χ2v) is 4.83. The van der Waals surface area contributed by atoms with Crippen molar-refractivity contribution in [3.8, 4) is 6.07 Å².